The van der Waals surface area contributed by atoms with Crippen molar-refractivity contribution in [2.75, 3.05) is 57.3 Å². The van der Waals surface area contributed by atoms with E-state index in [4.69, 9.17) is 0 Å². The summed E-state index contributed by atoms with van der Waals surface area (Å²) in [4.78, 5) is 33.2. The maximum atomic E-state index is 13.8. The molecule has 0 amide bonds. The van der Waals surface area contributed by atoms with Gasteiger partial charge in [-0.2, -0.15) is 0 Å². The molecule has 2 saturated heterocycles. The number of carbonyl (C=O) groups is 2. The van der Waals surface area contributed by atoms with E-state index >= 15 is 0 Å². The van der Waals surface area contributed by atoms with Crippen LogP contribution in [-0.4, -0.2) is 74.2 Å². The Bertz CT molecular complexity index is 1160. The summed E-state index contributed by atoms with van der Waals surface area (Å²) in [6.07, 6.45) is 9.27. The lowest BCUT2D eigenvalue weighted by Crippen LogP contribution is -2.49. The second-order valence-corrected chi connectivity index (χ2v) is 12.4. The number of piperazine rings is 1. The van der Waals surface area contributed by atoms with Gasteiger partial charge in [0.05, 0.1) is 5.92 Å². The topological polar surface area (TPSA) is 43.9 Å². The van der Waals surface area contributed by atoms with Crippen LogP contribution in [0.1, 0.15) is 81.6 Å². The molecular formula is C36H51N3O2. The van der Waals surface area contributed by atoms with Crippen molar-refractivity contribution in [2.45, 2.75) is 65.7 Å². The number of benzene rings is 1. The van der Waals surface area contributed by atoms with E-state index in [0.717, 1.165) is 79.2 Å². The lowest BCUT2D eigenvalue weighted by molar-refractivity contribution is -0.109. The number of anilines is 1. The maximum Gasteiger partial charge on any atom is 0.172 e. The fourth-order valence-corrected chi connectivity index (χ4v) is 7.27. The van der Waals surface area contributed by atoms with Crippen molar-refractivity contribution < 1.29 is 9.59 Å². The number of likely N-dealkylation sites (tertiary alicyclic amines) is 1. The van der Waals surface area contributed by atoms with Gasteiger partial charge in [0.25, 0.3) is 0 Å². The van der Waals surface area contributed by atoms with Crippen LogP contribution in [0.25, 0.3) is 5.57 Å². The van der Waals surface area contributed by atoms with E-state index in [1.807, 2.05) is 13.0 Å². The fraction of sp³-hybridized carbons (Fsp3) is 0.611. The molecule has 0 spiro atoms. The van der Waals surface area contributed by atoms with Crippen LogP contribution >= 0.6 is 0 Å². The molecule has 0 aromatic heterocycles. The summed E-state index contributed by atoms with van der Waals surface area (Å²) >= 11 is 0. The first kappa shape index (κ1) is 31.3. The second-order valence-electron chi connectivity index (χ2n) is 12.4. The first-order valence-corrected chi connectivity index (χ1v) is 16.1. The Hall–Kier alpha value is -2.68. The van der Waals surface area contributed by atoms with Crippen molar-refractivity contribution in [3.05, 3.63) is 59.5 Å². The van der Waals surface area contributed by atoms with Crippen molar-refractivity contribution in [1.82, 2.24) is 9.80 Å². The first-order chi connectivity index (χ1) is 19.9. The number of carbonyl (C=O) groups excluding carboxylic acids is 2. The van der Waals surface area contributed by atoms with Gasteiger partial charge in [-0.3, -0.25) is 9.69 Å². The van der Waals surface area contributed by atoms with Gasteiger partial charge < -0.3 is 14.6 Å². The van der Waals surface area contributed by atoms with E-state index in [2.05, 4.69) is 65.3 Å². The molecule has 0 N–H and O–H groups in total. The Morgan fingerprint density at radius 1 is 1.00 bits per heavy atom. The molecule has 3 atom stereocenters. The Morgan fingerprint density at radius 3 is 2.34 bits per heavy atom. The van der Waals surface area contributed by atoms with Gasteiger partial charge in [0.2, 0.25) is 0 Å². The summed E-state index contributed by atoms with van der Waals surface area (Å²) in [7, 11) is 0. The number of unbranched alkanes of at least 4 members (excludes halogenated alkanes) is 2. The van der Waals surface area contributed by atoms with E-state index in [1.165, 1.54) is 58.3 Å². The van der Waals surface area contributed by atoms with E-state index in [-0.39, 0.29) is 23.5 Å². The Balaban J connectivity index is 1.39. The quantitative estimate of drug-likeness (QED) is 0.154. The number of hydrogen-bond acceptors (Lipinski definition) is 5. The minimum Gasteiger partial charge on any atom is -0.369 e. The number of Topliss-reactive ketones (excluding diaryl/α,β-unsaturated/α-hetero) is 1. The highest BCUT2D eigenvalue weighted by Crippen LogP contribution is 2.46. The molecule has 0 radical (unpaired) electrons. The van der Waals surface area contributed by atoms with Gasteiger partial charge in [-0.15, -0.1) is 11.5 Å². The van der Waals surface area contributed by atoms with Gasteiger partial charge in [0.15, 0.2) is 5.78 Å². The standard InChI is InChI=1S/C36H51N3O2/c1-6-10-11-17-37-18-15-28(16-19-37)25-38-20-22-39(23-21-38)29-13-14-33-34(24-29)31(9-4)35(36(33)41)32(12-7-2)30(8-3)27(5)26-40/h13-14,24,26-28,32,35H,3-4,6-7,10-12,15-23,25H2,1-2,5H3. The van der Waals surface area contributed by atoms with Gasteiger partial charge in [-0.25, -0.2) is 0 Å². The number of rotatable bonds is 13. The van der Waals surface area contributed by atoms with Crippen LogP contribution in [0.5, 0.6) is 0 Å². The van der Waals surface area contributed by atoms with E-state index in [9.17, 15) is 9.59 Å². The normalized spacial score (nSPS) is 21.7. The summed E-state index contributed by atoms with van der Waals surface area (Å²) < 4.78 is 0. The molecule has 1 aromatic carbocycles. The van der Waals surface area contributed by atoms with Crippen molar-refractivity contribution in [3.8, 4) is 0 Å². The number of allylic oxidation sites excluding steroid dienone is 2. The second kappa shape index (κ2) is 15.0. The summed E-state index contributed by atoms with van der Waals surface area (Å²) in [5.74, 6) is 0.0797. The number of aldehydes is 1. The molecule has 1 aliphatic carbocycles. The van der Waals surface area contributed by atoms with Crippen LogP contribution in [-0.2, 0) is 4.79 Å². The van der Waals surface area contributed by atoms with Crippen LogP contribution in [0.3, 0.4) is 0 Å². The molecule has 3 aliphatic rings. The molecule has 41 heavy (non-hydrogen) atoms. The Labute approximate surface area is 248 Å². The van der Waals surface area contributed by atoms with E-state index in [0.29, 0.717) is 0 Å². The highest BCUT2D eigenvalue weighted by Gasteiger charge is 2.42. The number of fused-ring (bicyclic) bond motifs is 1. The van der Waals surface area contributed by atoms with Gasteiger partial charge in [0, 0.05) is 61.4 Å². The van der Waals surface area contributed by atoms with Gasteiger partial charge in [0.1, 0.15) is 6.29 Å². The third-order valence-corrected chi connectivity index (χ3v) is 9.68. The number of hydrogen-bond donors (Lipinski definition) is 0. The van der Waals surface area contributed by atoms with E-state index < -0.39 is 0 Å². The van der Waals surface area contributed by atoms with Crippen LogP contribution in [0.15, 0.2) is 48.4 Å². The Morgan fingerprint density at radius 2 is 1.73 bits per heavy atom. The maximum absolute atomic E-state index is 13.8. The van der Waals surface area contributed by atoms with Crippen LogP contribution in [0, 0.1) is 23.7 Å². The molecule has 222 valence electrons. The number of piperidine rings is 1. The zero-order valence-electron chi connectivity index (χ0n) is 25.8. The number of ketones is 1. The molecule has 2 aliphatic heterocycles. The predicted octanol–water partition coefficient (Wildman–Crippen LogP) is 6.65. The van der Waals surface area contributed by atoms with Gasteiger partial charge in [-0.05, 0) is 80.6 Å². The third kappa shape index (κ3) is 7.22. The molecule has 5 nitrogen and oxygen atoms in total. The lowest BCUT2D eigenvalue weighted by atomic mass is 9.75. The third-order valence-electron chi connectivity index (χ3n) is 9.68. The first-order valence-electron chi connectivity index (χ1n) is 16.1. The fourth-order valence-electron chi connectivity index (χ4n) is 7.27. The SMILES string of the molecule is C=C=C(C(C)C=O)C(CCC)C1C(=O)c2ccc(N3CCN(CC4CCN(CCCCC)CC4)CC3)cc2C1=C=C. The molecule has 3 unspecified atom stereocenters. The molecule has 1 aromatic rings. The molecule has 2 heterocycles. The molecule has 0 bridgehead atoms. The molecule has 4 rings (SSSR count). The molecule has 2 fully saturated rings. The summed E-state index contributed by atoms with van der Waals surface area (Å²) in [5.41, 5.74) is 10.7. The highest BCUT2D eigenvalue weighted by atomic mass is 16.1. The zero-order chi connectivity index (χ0) is 29.4. The minimum atomic E-state index is -0.390. The minimum absolute atomic E-state index is 0.100. The molecular weight excluding hydrogens is 506 g/mol. The average molecular weight is 558 g/mol. The highest BCUT2D eigenvalue weighted by molar-refractivity contribution is 6.14. The average Bonchev–Trinajstić information content (AvgIpc) is 3.28. The van der Waals surface area contributed by atoms with Crippen LogP contribution in [0.4, 0.5) is 5.69 Å². The predicted molar refractivity (Wildman–Crippen MR) is 170 cm³/mol. The molecule has 5 heteroatoms. The Kier molecular flexibility index (Phi) is 11.4. The smallest absolute Gasteiger partial charge is 0.172 e. The summed E-state index contributed by atoms with van der Waals surface area (Å²) in [6.45, 7) is 23.3. The van der Waals surface area contributed by atoms with Crippen molar-refractivity contribution in [2.24, 2.45) is 23.7 Å². The van der Waals surface area contributed by atoms with Crippen molar-refractivity contribution >= 4 is 23.3 Å². The van der Waals surface area contributed by atoms with Crippen molar-refractivity contribution in [3.63, 3.8) is 0 Å². The summed E-state index contributed by atoms with van der Waals surface area (Å²) in [5, 5.41) is 0. The largest absolute Gasteiger partial charge is 0.369 e. The van der Waals surface area contributed by atoms with Gasteiger partial charge >= 0.3 is 0 Å². The monoisotopic (exact) mass is 557 g/mol. The van der Waals surface area contributed by atoms with Gasteiger partial charge in [-0.1, -0.05) is 53.2 Å². The molecule has 0 saturated carbocycles. The zero-order valence-corrected chi connectivity index (χ0v) is 25.8. The lowest BCUT2D eigenvalue weighted by Gasteiger charge is -2.39. The van der Waals surface area contributed by atoms with Crippen molar-refractivity contribution in [1.29, 1.82) is 0 Å². The number of nitrogens with zero attached hydrogens (tertiary/aromatic N) is 3. The summed E-state index contributed by atoms with van der Waals surface area (Å²) in [6, 6.07) is 6.28. The van der Waals surface area contributed by atoms with Crippen LogP contribution in [0.2, 0.25) is 0 Å². The van der Waals surface area contributed by atoms with Crippen LogP contribution < -0.4 is 4.90 Å². The van der Waals surface area contributed by atoms with E-state index in [1.54, 1.807) is 0 Å².